The Balaban J connectivity index is 2.63. The van der Waals surface area contributed by atoms with Crippen molar-refractivity contribution in [3.8, 4) is 0 Å². The van der Waals surface area contributed by atoms with Crippen LogP contribution in [0.1, 0.15) is 33.3 Å². The lowest BCUT2D eigenvalue weighted by atomic mass is 9.85. The molecule has 0 aliphatic rings. The predicted molar refractivity (Wildman–Crippen MR) is 86.5 cm³/mol. The summed E-state index contributed by atoms with van der Waals surface area (Å²) in [6.45, 7) is 10.2. The molecule has 3 nitrogen and oxygen atoms in total. The van der Waals surface area contributed by atoms with E-state index in [2.05, 4.69) is 78.2 Å². The molecule has 0 aromatic heterocycles. The van der Waals surface area contributed by atoms with Crippen molar-refractivity contribution in [2.24, 2.45) is 16.6 Å². The van der Waals surface area contributed by atoms with Crippen LogP contribution in [0.2, 0.25) is 0 Å². The molecule has 0 radical (unpaired) electrons. The predicted octanol–water partition coefficient (Wildman–Crippen LogP) is 3.29. The number of nitrogens with two attached hydrogens (primary N) is 1. The number of benzene rings is 1. The Hall–Kier alpha value is -1.03. The van der Waals surface area contributed by atoms with Crippen LogP contribution in [-0.2, 0) is 5.41 Å². The number of rotatable bonds is 5. The van der Waals surface area contributed by atoms with Crippen LogP contribution in [-0.4, -0.2) is 19.0 Å². The van der Waals surface area contributed by atoms with E-state index in [1.807, 2.05) is 0 Å². The number of halogens is 1. The van der Waals surface area contributed by atoms with Gasteiger partial charge < -0.3 is 11.1 Å². The van der Waals surface area contributed by atoms with Crippen LogP contribution in [0.25, 0.3) is 0 Å². The van der Waals surface area contributed by atoms with Crippen molar-refractivity contribution in [2.45, 2.75) is 33.1 Å². The van der Waals surface area contributed by atoms with Gasteiger partial charge in [-0.05, 0) is 23.6 Å². The summed E-state index contributed by atoms with van der Waals surface area (Å²) in [5.74, 6) is 1.09. The first-order valence-electron chi connectivity index (χ1n) is 6.61. The minimum Gasteiger partial charge on any atom is -0.370 e. The zero-order valence-corrected chi connectivity index (χ0v) is 13.8. The Morgan fingerprint density at radius 1 is 1.32 bits per heavy atom. The molecule has 0 unspecified atom stereocenters. The molecule has 4 heteroatoms. The third-order valence-corrected chi connectivity index (χ3v) is 3.49. The lowest BCUT2D eigenvalue weighted by molar-refractivity contribution is 0.537. The summed E-state index contributed by atoms with van der Waals surface area (Å²) in [5.41, 5.74) is 7.10. The van der Waals surface area contributed by atoms with E-state index in [4.69, 9.17) is 5.73 Å². The summed E-state index contributed by atoms with van der Waals surface area (Å²) in [5, 5.41) is 3.14. The maximum absolute atomic E-state index is 5.86. The highest BCUT2D eigenvalue weighted by molar-refractivity contribution is 9.10. The average molecular weight is 326 g/mol. The lowest BCUT2D eigenvalue weighted by Gasteiger charge is -2.23. The van der Waals surface area contributed by atoms with Gasteiger partial charge in [-0.1, -0.05) is 55.8 Å². The molecule has 0 atom stereocenters. The van der Waals surface area contributed by atoms with Crippen molar-refractivity contribution < 1.29 is 0 Å². The number of hydrogen-bond acceptors (Lipinski definition) is 1. The fourth-order valence-corrected chi connectivity index (χ4v) is 1.90. The maximum atomic E-state index is 5.86. The number of hydrogen-bond donors (Lipinski definition) is 2. The molecular weight excluding hydrogens is 302 g/mol. The highest BCUT2D eigenvalue weighted by Gasteiger charge is 2.20. The Bertz CT molecular complexity index is 422. The van der Waals surface area contributed by atoms with E-state index < -0.39 is 0 Å². The van der Waals surface area contributed by atoms with Crippen molar-refractivity contribution in [1.82, 2.24) is 5.32 Å². The molecule has 0 amide bonds. The summed E-state index contributed by atoms with van der Waals surface area (Å²) in [4.78, 5) is 4.44. The summed E-state index contributed by atoms with van der Waals surface area (Å²) in [6.07, 6.45) is 0. The summed E-state index contributed by atoms with van der Waals surface area (Å²) in [6, 6.07) is 8.36. The van der Waals surface area contributed by atoms with Gasteiger partial charge in [0, 0.05) is 16.4 Å². The van der Waals surface area contributed by atoms with Crippen LogP contribution in [0.4, 0.5) is 0 Å². The van der Waals surface area contributed by atoms with Gasteiger partial charge in [0.2, 0.25) is 0 Å². The molecule has 0 aliphatic carbocycles. The van der Waals surface area contributed by atoms with Gasteiger partial charge in [0.1, 0.15) is 0 Å². The Morgan fingerprint density at radius 2 is 1.89 bits per heavy atom. The monoisotopic (exact) mass is 325 g/mol. The Morgan fingerprint density at radius 3 is 2.42 bits per heavy atom. The largest absolute Gasteiger partial charge is 0.370 e. The second kappa shape index (κ2) is 6.94. The van der Waals surface area contributed by atoms with Gasteiger partial charge in [-0.3, -0.25) is 4.99 Å². The number of nitrogens with one attached hydrogen (secondary N) is 1. The van der Waals surface area contributed by atoms with E-state index in [9.17, 15) is 0 Å². The molecule has 0 aliphatic heterocycles. The number of nitrogens with zero attached hydrogens (tertiary/aromatic N) is 1. The minimum absolute atomic E-state index is 0.0230. The highest BCUT2D eigenvalue weighted by atomic mass is 79.9. The average Bonchev–Trinajstić information content (AvgIpc) is 2.34. The fourth-order valence-electron chi connectivity index (χ4n) is 1.64. The van der Waals surface area contributed by atoms with Gasteiger partial charge in [-0.2, -0.15) is 0 Å². The molecule has 1 aromatic carbocycles. The van der Waals surface area contributed by atoms with E-state index in [0.717, 1.165) is 11.0 Å². The maximum Gasteiger partial charge on any atom is 0.188 e. The first kappa shape index (κ1) is 16.0. The van der Waals surface area contributed by atoms with Gasteiger partial charge in [-0.15, -0.1) is 0 Å². The molecule has 0 spiro atoms. The second-order valence-electron chi connectivity index (χ2n) is 5.87. The van der Waals surface area contributed by atoms with Crippen LogP contribution in [0.3, 0.4) is 0 Å². The molecule has 1 aromatic rings. The molecule has 0 bridgehead atoms. The first-order chi connectivity index (χ1) is 8.81. The van der Waals surface area contributed by atoms with Crippen LogP contribution >= 0.6 is 15.9 Å². The number of aliphatic imine (C=N–C) groups is 1. The molecule has 0 fully saturated rings. The quantitative estimate of drug-likeness (QED) is 0.644. The fraction of sp³-hybridized carbons (Fsp3) is 0.533. The minimum atomic E-state index is -0.0230. The second-order valence-corrected chi connectivity index (χ2v) is 6.78. The molecule has 1 rings (SSSR count). The van der Waals surface area contributed by atoms with E-state index in [1.54, 1.807) is 0 Å². The zero-order valence-electron chi connectivity index (χ0n) is 12.2. The first-order valence-corrected chi connectivity index (χ1v) is 7.40. The highest BCUT2D eigenvalue weighted by Crippen LogP contribution is 2.24. The van der Waals surface area contributed by atoms with Crippen LogP contribution in [0.15, 0.2) is 33.7 Å². The third kappa shape index (κ3) is 5.64. The molecule has 3 N–H and O–H groups in total. The van der Waals surface area contributed by atoms with Gasteiger partial charge in [0.15, 0.2) is 5.96 Å². The topological polar surface area (TPSA) is 50.4 Å². The van der Waals surface area contributed by atoms with Crippen molar-refractivity contribution in [1.29, 1.82) is 0 Å². The van der Waals surface area contributed by atoms with E-state index >= 15 is 0 Å². The molecule has 0 saturated heterocycles. The summed E-state index contributed by atoms with van der Waals surface area (Å²) >= 11 is 3.45. The van der Waals surface area contributed by atoms with E-state index in [-0.39, 0.29) is 5.41 Å². The molecule has 0 saturated carbocycles. The van der Waals surface area contributed by atoms with Crippen molar-refractivity contribution >= 4 is 21.9 Å². The lowest BCUT2D eigenvalue weighted by Crippen LogP contribution is -2.35. The summed E-state index contributed by atoms with van der Waals surface area (Å²) < 4.78 is 1.09. The van der Waals surface area contributed by atoms with Gasteiger partial charge >= 0.3 is 0 Å². The van der Waals surface area contributed by atoms with Crippen molar-refractivity contribution in [2.75, 3.05) is 13.1 Å². The van der Waals surface area contributed by atoms with Gasteiger partial charge in [-0.25, -0.2) is 0 Å². The normalized spacial score (nSPS) is 12.8. The van der Waals surface area contributed by atoms with Crippen molar-refractivity contribution in [3.63, 3.8) is 0 Å². The molecular formula is C15H24BrN3. The van der Waals surface area contributed by atoms with E-state index in [1.165, 1.54) is 5.56 Å². The summed E-state index contributed by atoms with van der Waals surface area (Å²) in [7, 11) is 0. The third-order valence-electron chi connectivity index (χ3n) is 2.96. The van der Waals surface area contributed by atoms with E-state index in [0.29, 0.717) is 18.4 Å². The molecule has 106 valence electrons. The van der Waals surface area contributed by atoms with Crippen LogP contribution in [0.5, 0.6) is 0 Å². The van der Waals surface area contributed by atoms with Crippen molar-refractivity contribution in [3.05, 3.63) is 34.3 Å². The smallest absolute Gasteiger partial charge is 0.188 e. The van der Waals surface area contributed by atoms with Crippen LogP contribution in [0, 0.1) is 5.92 Å². The molecule has 0 heterocycles. The van der Waals surface area contributed by atoms with Gasteiger partial charge in [0.25, 0.3) is 0 Å². The zero-order chi connectivity index (χ0) is 14.5. The number of guanidine groups is 1. The Labute approximate surface area is 124 Å². The SMILES string of the molecule is CC(C)CNC(N)=NCC(C)(C)c1ccc(Br)cc1. The van der Waals surface area contributed by atoms with Crippen LogP contribution < -0.4 is 11.1 Å². The standard InChI is InChI=1S/C15H24BrN3/c1-11(2)9-18-14(17)19-10-15(3,4)12-5-7-13(16)8-6-12/h5-8,11H,9-10H2,1-4H3,(H3,17,18,19). The molecule has 19 heavy (non-hydrogen) atoms. The van der Waals surface area contributed by atoms with Gasteiger partial charge in [0.05, 0.1) is 6.54 Å². The Kier molecular flexibility index (Phi) is 5.85.